The number of likely N-dealkylation sites (N-methyl/N-ethyl adjacent to an activating group) is 1. The smallest absolute Gasteiger partial charge is 0.208 e. The second-order valence-corrected chi connectivity index (χ2v) is 4.13. The highest BCUT2D eigenvalue weighted by Gasteiger charge is 2.09. The molecule has 0 aliphatic carbocycles. The predicted molar refractivity (Wildman–Crippen MR) is 71.9 cm³/mol. The monoisotopic (exact) mass is 245 g/mol. The normalized spacial score (nSPS) is 12.0. The third kappa shape index (κ3) is 7.95. The number of hydrogen-bond acceptors (Lipinski definition) is 4. The average molecular weight is 245 g/mol. The molecule has 0 atom stereocenters. The van der Waals surface area contributed by atoms with Crippen molar-refractivity contribution in [3.8, 4) is 0 Å². The fourth-order valence-corrected chi connectivity index (χ4v) is 1.39. The molecule has 0 saturated carbocycles. The van der Waals surface area contributed by atoms with Crippen LogP contribution in [-0.4, -0.2) is 69.8 Å². The van der Waals surface area contributed by atoms with E-state index in [1.807, 2.05) is 0 Å². The maximum Gasteiger partial charge on any atom is 0.208 e. The highest BCUT2D eigenvalue weighted by molar-refractivity contribution is 5.79. The summed E-state index contributed by atoms with van der Waals surface area (Å²) in [6.07, 6.45) is 1.07. The van der Waals surface area contributed by atoms with Crippen LogP contribution in [0, 0.1) is 0 Å². The first-order chi connectivity index (χ1) is 8.15. The van der Waals surface area contributed by atoms with Gasteiger partial charge in [0, 0.05) is 26.7 Å². The van der Waals surface area contributed by atoms with Gasteiger partial charge in [0.1, 0.15) is 0 Å². The Balaban J connectivity index is 4.33. The molecule has 0 unspecified atom stereocenters. The summed E-state index contributed by atoms with van der Waals surface area (Å²) < 4.78 is 4.97. The maximum absolute atomic E-state index is 5.52. The molecule has 3 N–H and O–H groups in total. The molecule has 0 amide bonds. The molecule has 0 saturated heterocycles. The van der Waals surface area contributed by atoms with E-state index >= 15 is 0 Å². The predicted octanol–water partition coefficient (Wildman–Crippen LogP) is -0.274. The molecule has 17 heavy (non-hydrogen) atoms. The molecule has 0 heterocycles. The quantitative estimate of drug-likeness (QED) is 0.202. The highest BCUT2D eigenvalue weighted by atomic mass is 16.5. The van der Waals surface area contributed by atoms with Gasteiger partial charge in [-0.3, -0.25) is 5.43 Å². The van der Waals surface area contributed by atoms with Gasteiger partial charge in [0.15, 0.2) is 0 Å². The lowest BCUT2D eigenvalue weighted by atomic mass is 10.4. The van der Waals surface area contributed by atoms with Crippen molar-refractivity contribution < 1.29 is 4.74 Å². The van der Waals surface area contributed by atoms with Crippen LogP contribution < -0.4 is 11.3 Å². The Bertz CT molecular complexity index is 208. The summed E-state index contributed by atoms with van der Waals surface area (Å²) in [4.78, 5) is 8.70. The van der Waals surface area contributed by atoms with Crippen LogP contribution in [0.15, 0.2) is 4.99 Å². The van der Waals surface area contributed by atoms with Gasteiger partial charge in [0.2, 0.25) is 5.96 Å². The molecule has 0 fully saturated rings. The molecule has 0 radical (unpaired) electrons. The van der Waals surface area contributed by atoms with Crippen LogP contribution in [0.3, 0.4) is 0 Å². The lowest BCUT2D eigenvalue weighted by Crippen LogP contribution is -2.47. The van der Waals surface area contributed by atoms with Gasteiger partial charge in [-0.05, 0) is 20.5 Å². The Kier molecular flexibility index (Phi) is 9.80. The number of guanidine groups is 1. The molecule has 0 aromatic rings. The van der Waals surface area contributed by atoms with E-state index in [2.05, 4.69) is 41.2 Å². The van der Waals surface area contributed by atoms with Crippen molar-refractivity contribution in [2.24, 2.45) is 10.8 Å². The molecular weight excluding hydrogens is 218 g/mol. The van der Waals surface area contributed by atoms with Crippen LogP contribution in [0.25, 0.3) is 0 Å². The summed E-state index contributed by atoms with van der Waals surface area (Å²) in [6, 6.07) is 0. The van der Waals surface area contributed by atoms with Crippen LogP contribution in [0.5, 0.6) is 0 Å². The first-order valence-corrected chi connectivity index (χ1v) is 6.05. The van der Waals surface area contributed by atoms with Gasteiger partial charge in [-0.25, -0.2) is 10.8 Å². The second kappa shape index (κ2) is 10.3. The summed E-state index contributed by atoms with van der Waals surface area (Å²) in [5.74, 6) is 6.26. The summed E-state index contributed by atoms with van der Waals surface area (Å²) in [5.41, 5.74) is 2.67. The van der Waals surface area contributed by atoms with Crippen LogP contribution in [0.4, 0.5) is 0 Å². The Hall–Kier alpha value is -0.850. The number of nitrogens with two attached hydrogens (primary N) is 1. The van der Waals surface area contributed by atoms with E-state index in [0.29, 0.717) is 13.2 Å². The van der Waals surface area contributed by atoms with Crippen LogP contribution in [0.1, 0.15) is 13.3 Å². The number of ether oxygens (including phenoxy) is 1. The van der Waals surface area contributed by atoms with Gasteiger partial charge in [-0.1, -0.05) is 6.92 Å². The summed E-state index contributed by atoms with van der Waals surface area (Å²) >= 11 is 0. The number of aliphatic imine (C=N–C) groups is 1. The molecule has 0 rings (SSSR count). The highest BCUT2D eigenvalue weighted by Crippen LogP contribution is 1.94. The van der Waals surface area contributed by atoms with Crippen LogP contribution in [-0.2, 0) is 4.74 Å². The first kappa shape index (κ1) is 16.1. The Morgan fingerprint density at radius 1 is 1.29 bits per heavy atom. The molecular formula is C11H27N5O. The SMILES string of the molecule is CCCN(CCN(C)C)C(=NCCOC)NN. The van der Waals surface area contributed by atoms with Crippen molar-refractivity contribution in [2.75, 3.05) is 54.0 Å². The number of nitrogens with zero attached hydrogens (tertiary/aromatic N) is 3. The van der Waals surface area contributed by atoms with Crippen molar-refractivity contribution in [1.82, 2.24) is 15.2 Å². The van der Waals surface area contributed by atoms with Gasteiger partial charge in [-0.15, -0.1) is 0 Å². The third-order valence-electron chi connectivity index (χ3n) is 2.30. The summed E-state index contributed by atoms with van der Waals surface area (Å²) in [6.45, 7) is 6.22. The van der Waals surface area contributed by atoms with E-state index in [1.54, 1.807) is 7.11 Å². The molecule has 0 aromatic heterocycles. The number of nitrogens with one attached hydrogen (secondary N) is 1. The van der Waals surface area contributed by atoms with Crippen molar-refractivity contribution >= 4 is 5.96 Å². The molecule has 0 bridgehead atoms. The minimum Gasteiger partial charge on any atom is -0.383 e. The molecule has 0 aliphatic heterocycles. The van der Waals surface area contributed by atoms with Gasteiger partial charge in [0.25, 0.3) is 0 Å². The van der Waals surface area contributed by atoms with E-state index in [0.717, 1.165) is 32.0 Å². The zero-order chi connectivity index (χ0) is 13.1. The van der Waals surface area contributed by atoms with Gasteiger partial charge in [-0.2, -0.15) is 0 Å². The first-order valence-electron chi connectivity index (χ1n) is 6.05. The lowest BCUT2D eigenvalue weighted by Gasteiger charge is -2.26. The van der Waals surface area contributed by atoms with Gasteiger partial charge >= 0.3 is 0 Å². The number of hydrazine groups is 1. The number of methoxy groups -OCH3 is 1. The molecule has 6 nitrogen and oxygen atoms in total. The molecule has 102 valence electrons. The van der Waals surface area contributed by atoms with E-state index in [-0.39, 0.29) is 0 Å². The second-order valence-electron chi connectivity index (χ2n) is 4.13. The Labute approximate surface area is 105 Å². The topological polar surface area (TPSA) is 66.1 Å². The Morgan fingerprint density at radius 2 is 2.00 bits per heavy atom. The summed E-state index contributed by atoms with van der Waals surface area (Å²) in [5, 5.41) is 0. The standard InChI is InChI=1S/C11H27N5O/c1-5-7-16(9-8-15(2)3)11(14-12)13-6-10-17-4/h5-10,12H2,1-4H3,(H,13,14). The van der Waals surface area contributed by atoms with E-state index in [4.69, 9.17) is 10.6 Å². The van der Waals surface area contributed by atoms with Gasteiger partial charge < -0.3 is 14.5 Å². The molecule has 0 aromatic carbocycles. The van der Waals surface area contributed by atoms with Gasteiger partial charge in [0.05, 0.1) is 13.2 Å². The Morgan fingerprint density at radius 3 is 2.47 bits per heavy atom. The van der Waals surface area contributed by atoms with Crippen molar-refractivity contribution in [2.45, 2.75) is 13.3 Å². The van der Waals surface area contributed by atoms with Crippen LogP contribution >= 0.6 is 0 Å². The third-order valence-corrected chi connectivity index (χ3v) is 2.30. The minimum atomic E-state index is 0.610. The van der Waals surface area contributed by atoms with E-state index in [1.165, 1.54) is 0 Å². The lowest BCUT2D eigenvalue weighted by molar-refractivity contribution is 0.207. The fourth-order valence-electron chi connectivity index (χ4n) is 1.39. The van der Waals surface area contributed by atoms with Crippen molar-refractivity contribution in [1.29, 1.82) is 0 Å². The molecule has 6 heteroatoms. The van der Waals surface area contributed by atoms with Crippen LogP contribution in [0.2, 0.25) is 0 Å². The number of rotatable bonds is 8. The largest absolute Gasteiger partial charge is 0.383 e. The zero-order valence-electron chi connectivity index (χ0n) is 11.6. The molecule has 0 spiro atoms. The molecule has 0 aliphatic rings. The van der Waals surface area contributed by atoms with E-state index < -0.39 is 0 Å². The summed E-state index contributed by atoms with van der Waals surface area (Å²) in [7, 11) is 5.78. The number of hydrogen-bond donors (Lipinski definition) is 2. The minimum absolute atomic E-state index is 0.610. The van der Waals surface area contributed by atoms with Crippen molar-refractivity contribution in [3.63, 3.8) is 0 Å². The fraction of sp³-hybridized carbons (Fsp3) is 0.909. The zero-order valence-corrected chi connectivity index (χ0v) is 11.6. The van der Waals surface area contributed by atoms with E-state index in [9.17, 15) is 0 Å². The maximum atomic E-state index is 5.52. The van der Waals surface area contributed by atoms with Crippen molar-refractivity contribution in [3.05, 3.63) is 0 Å². The average Bonchev–Trinajstić information content (AvgIpc) is 2.30.